The van der Waals surface area contributed by atoms with Gasteiger partial charge >= 0.3 is 0 Å². The second-order valence-corrected chi connectivity index (χ2v) is 6.17. The van der Waals surface area contributed by atoms with Crippen molar-refractivity contribution in [2.45, 2.75) is 19.4 Å². The van der Waals surface area contributed by atoms with Gasteiger partial charge in [-0.25, -0.2) is 0 Å². The second-order valence-electron chi connectivity index (χ2n) is 6.17. The monoisotopic (exact) mass is 357 g/mol. The molecule has 2 heterocycles. The Bertz CT molecular complexity index is 768. The van der Waals surface area contributed by atoms with Crippen LogP contribution in [0.4, 0.5) is 11.4 Å². The fourth-order valence-electron chi connectivity index (χ4n) is 2.80. The van der Waals surface area contributed by atoms with Crippen molar-refractivity contribution in [3.05, 3.63) is 42.2 Å². The van der Waals surface area contributed by atoms with E-state index in [0.717, 1.165) is 5.56 Å². The van der Waals surface area contributed by atoms with Crippen molar-refractivity contribution in [2.24, 2.45) is 0 Å². The van der Waals surface area contributed by atoms with Gasteiger partial charge in [0.1, 0.15) is 6.54 Å². The molecule has 3 N–H and O–H groups in total. The Hall–Kier alpha value is -2.87. The van der Waals surface area contributed by atoms with Crippen molar-refractivity contribution in [1.82, 2.24) is 14.7 Å². The maximum absolute atomic E-state index is 12.2. The topological polar surface area (TPSA) is 102 Å². The number of amides is 2. The molecule has 8 nitrogen and oxygen atoms in total. The Morgan fingerprint density at radius 3 is 2.77 bits per heavy atom. The zero-order chi connectivity index (χ0) is 18.4. The van der Waals surface area contributed by atoms with Gasteiger partial charge < -0.3 is 20.7 Å². The molecule has 2 aromatic rings. The number of rotatable bonds is 6. The predicted octanol–water partition coefficient (Wildman–Crippen LogP) is 0.895. The number of carbonyl (C=O) groups excluding carboxylic acids is 2. The van der Waals surface area contributed by atoms with Gasteiger partial charge in [0, 0.05) is 31.4 Å². The first kappa shape index (κ1) is 17.9. The fraction of sp³-hybridized carbons (Fsp3) is 0.389. The Morgan fingerprint density at radius 2 is 2.00 bits per heavy atom. The van der Waals surface area contributed by atoms with Gasteiger partial charge in [0.15, 0.2) is 0 Å². The van der Waals surface area contributed by atoms with E-state index in [1.54, 1.807) is 17.3 Å². The number of nitrogens with two attached hydrogens (primary N) is 1. The van der Waals surface area contributed by atoms with E-state index in [0.29, 0.717) is 50.5 Å². The molecule has 0 atom stereocenters. The SMILES string of the molecule is Nc1ccccc1CCC(=O)Nc1cnn(CC(=O)N2CCOCC2)c1. The molecular weight excluding hydrogens is 334 g/mol. The minimum atomic E-state index is -0.118. The summed E-state index contributed by atoms with van der Waals surface area (Å²) in [6, 6.07) is 7.51. The van der Waals surface area contributed by atoms with Crippen LogP contribution in [0.2, 0.25) is 0 Å². The van der Waals surface area contributed by atoms with Crippen molar-refractivity contribution in [2.75, 3.05) is 37.4 Å². The van der Waals surface area contributed by atoms with E-state index in [1.807, 2.05) is 24.3 Å². The van der Waals surface area contributed by atoms with Gasteiger partial charge in [-0.05, 0) is 18.1 Å². The third kappa shape index (κ3) is 4.82. The maximum atomic E-state index is 12.2. The number of ether oxygens (including phenoxy) is 1. The van der Waals surface area contributed by atoms with Crippen LogP contribution in [0.3, 0.4) is 0 Å². The van der Waals surface area contributed by atoms with Crippen molar-refractivity contribution in [3.8, 4) is 0 Å². The Morgan fingerprint density at radius 1 is 1.23 bits per heavy atom. The van der Waals surface area contributed by atoms with Crippen LogP contribution in [0, 0.1) is 0 Å². The standard InChI is InChI=1S/C18H23N5O3/c19-16-4-2-1-3-14(16)5-6-17(24)21-15-11-20-23(12-15)13-18(25)22-7-9-26-10-8-22/h1-4,11-12H,5-10,13,19H2,(H,21,24). The molecule has 8 heteroatoms. The number of para-hydroxylation sites is 1. The van der Waals surface area contributed by atoms with E-state index in [4.69, 9.17) is 10.5 Å². The fourth-order valence-corrected chi connectivity index (χ4v) is 2.80. The molecule has 2 amide bonds. The number of anilines is 2. The van der Waals surface area contributed by atoms with Gasteiger partial charge in [0.25, 0.3) is 0 Å². The smallest absolute Gasteiger partial charge is 0.244 e. The summed E-state index contributed by atoms with van der Waals surface area (Å²) < 4.78 is 6.77. The van der Waals surface area contributed by atoms with E-state index in [-0.39, 0.29) is 18.4 Å². The summed E-state index contributed by atoms with van der Waals surface area (Å²) in [5.41, 5.74) is 8.10. The van der Waals surface area contributed by atoms with Crippen LogP contribution in [-0.4, -0.2) is 52.8 Å². The molecule has 0 unspecified atom stereocenters. The molecular formula is C18H23N5O3. The summed E-state index contributed by atoms with van der Waals surface area (Å²) in [5.74, 6) is -0.124. The molecule has 1 fully saturated rings. The van der Waals surface area contributed by atoms with Crippen LogP contribution in [-0.2, 0) is 27.3 Å². The van der Waals surface area contributed by atoms with E-state index in [9.17, 15) is 9.59 Å². The molecule has 1 saturated heterocycles. The highest BCUT2D eigenvalue weighted by atomic mass is 16.5. The number of nitrogen functional groups attached to an aromatic ring is 1. The zero-order valence-electron chi connectivity index (χ0n) is 14.6. The van der Waals surface area contributed by atoms with Gasteiger partial charge in [-0.2, -0.15) is 5.10 Å². The number of carbonyl (C=O) groups is 2. The number of aryl methyl sites for hydroxylation is 1. The molecule has 1 aromatic carbocycles. The highest BCUT2D eigenvalue weighted by molar-refractivity contribution is 5.90. The van der Waals surface area contributed by atoms with Crippen LogP contribution in [0.15, 0.2) is 36.7 Å². The Kier molecular flexibility index (Phi) is 5.85. The molecule has 3 rings (SSSR count). The van der Waals surface area contributed by atoms with Crippen molar-refractivity contribution in [3.63, 3.8) is 0 Å². The minimum absolute atomic E-state index is 0.00571. The lowest BCUT2D eigenvalue weighted by molar-refractivity contribution is -0.136. The second kappa shape index (κ2) is 8.48. The van der Waals surface area contributed by atoms with Crippen LogP contribution in [0.5, 0.6) is 0 Å². The average molecular weight is 357 g/mol. The van der Waals surface area contributed by atoms with Crippen molar-refractivity contribution < 1.29 is 14.3 Å². The van der Waals surface area contributed by atoms with Crippen LogP contribution >= 0.6 is 0 Å². The molecule has 138 valence electrons. The normalized spacial score (nSPS) is 14.2. The zero-order valence-corrected chi connectivity index (χ0v) is 14.6. The predicted molar refractivity (Wildman–Crippen MR) is 97.4 cm³/mol. The van der Waals surface area contributed by atoms with Crippen LogP contribution < -0.4 is 11.1 Å². The van der Waals surface area contributed by atoms with Crippen LogP contribution in [0.1, 0.15) is 12.0 Å². The Labute approximate surface area is 151 Å². The first-order valence-electron chi connectivity index (χ1n) is 8.63. The highest BCUT2D eigenvalue weighted by Gasteiger charge is 2.17. The number of hydrogen-bond acceptors (Lipinski definition) is 5. The molecule has 26 heavy (non-hydrogen) atoms. The molecule has 0 saturated carbocycles. The number of aromatic nitrogens is 2. The summed E-state index contributed by atoms with van der Waals surface area (Å²) in [5, 5.41) is 6.94. The van der Waals surface area contributed by atoms with Gasteiger partial charge in [-0.3, -0.25) is 14.3 Å². The molecule has 0 radical (unpaired) electrons. The third-order valence-corrected chi connectivity index (χ3v) is 4.25. The summed E-state index contributed by atoms with van der Waals surface area (Å²) in [4.78, 5) is 26.1. The largest absolute Gasteiger partial charge is 0.399 e. The summed E-state index contributed by atoms with van der Waals surface area (Å²) in [6.07, 6.45) is 4.10. The molecule has 0 bridgehead atoms. The Balaban J connectivity index is 1.47. The lowest BCUT2D eigenvalue weighted by Gasteiger charge is -2.26. The van der Waals surface area contributed by atoms with Crippen molar-refractivity contribution in [1.29, 1.82) is 0 Å². The van der Waals surface area contributed by atoms with Crippen LogP contribution in [0.25, 0.3) is 0 Å². The lowest BCUT2D eigenvalue weighted by Crippen LogP contribution is -2.42. The van der Waals surface area contributed by atoms with Gasteiger partial charge in [0.05, 0.1) is 25.1 Å². The van der Waals surface area contributed by atoms with Crippen molar-refractivity contribution >= 4 is 23.2 Å². The highest BCUT2D eigenvalue weighted by Crippen LogP contribution is 2.13. The van der Waals surface area contributed by atoms with Gasteiger partial charge in [-0.1, -0.05) is 18.2 Å². The minimum Gasteiger partial charge on any atom is -0.399 e. The van der Waals surface area contributed by atoms with Gasteiger partial charge in [0.2, 0.25) is 11.8 Å². The quantitative estimate of drug-likeness (QED) is 0.748. The number of morpholine rings is 1. The lowest BCUT2D eigenvalue weighted by atomic mass is 10.1. The van der Waals surface area contributed by atoms with Gasteiger partial charge in [-0.15, -0.1) is 0 Å². The summed E-state index contributed by atoms with van der Waals surface area (Å²) >= 11 is 0. The maximum Gasteiger partial charge on any atom is 0.244 e. The van der Waals surface area contributed by atoms with E-state index < -0.39 is 0 Å². The van der Waals surface area contributed by atoms with E-state index in [2.05, 4.69) is 10.4 Å². The molecule has 0 spiro atoms. The number of nitrogens with zero attached hydrogens (tertiary/aromatic N) is 3. The molecule has 1 aliphatic heterocycles. The summed E-state index contributed by atoms with van der Waals surface area (Å²) in [7, 11) is 0. The summed E-state index contributed by atoms with van der Waals surface area (Å²) in [6.45, 7) is 2.49. The number of nitrogens with one attached hydrogen (secondary N) is 1. The third-order valence-electron chi connectivity index (χ3n) is 4.25. The first-order chi connectivity index (χ1) is 12.6. The molecule has 0 aliphatic carbocycles. The first-order valence-corrected chi connectivity index (χ1v) is 8.63. The molecule has 1 aliphatic rings. The number of benzene rings is 1. The molecule has 1 aromatic heterocycles. The van der Waals surface area contributed by atoms with E-state index in [1.165, 1.54) is 4.68 Å². The average Bonchev–Trinajstić information content (AvgIpc) is 3.08. The van der Waals surface area contributed by atoms with E-state index >= 15 is 0 Å². The number of hydrogen-bond donors (Lipinski definition) is 2.